The van der Waals surface area contributed by atoms with Gasteiger partial charge in [0, 0.05) is 35.0 Å². The van der Waals surface area contributed by atoms with Crippen LogP contribution in [0.2, 0.25) is 0 Å². The number of benzene rings is 3. The summed E-state index contributed by atoms with van der Waals surface area (Å²) < 4.78 is 18.9. The summed E-state index contributed by atoms with van der Waals surface area (Å²) in [7, 11) is 1.49. The van der Waals surface area contributed by atoms with Crippen LogP contribution in [0.3, 0.4) is 0 Å². The van der Waals surface area contributed by atoms with E-state index in [1.54, 1.807) is 48.5 Å². The maximum atomic E-state index is 13.6. The summed E-state index contributed by atoms with van der Waals surface area (Å²) in [4.78, 5) is 26.2. The molecule has 38 heavy (non-hydrogen) atoms. The Hall–Kier alpha value is -4.66. The van der Waals surface area contributed by atoms with E-state index in [1.807, 2.05) is 0 Å². The van der Waals surface area contributed by atoms with Gasteiger partial charge in [0.2, 0.25) is 0 Å². The molecule has 1 fully saturated rings. The number of hydrogen-bond acceptors (Lipinski definition) is 5. The molecule has 1 aromatic heterocycles. The number of anilines is 1. The number of methoxy groups -OCH3 is 1. The zero-order valence-corrected chi connectivity index (χ0v) is 20.8. The van der Waals surface area contributed by atoms with Crippen LogP contribution in [-0.2, 0) is 6.54 Å². The molecule has 8 nitrogen and oxygen atoms in total. The molecular formula is C29H27FN4O4. The molecule has 0 saturated heterocycles. The summed E-state index contributed by atoms with van der Waals surface area (Å²) in [6.45, 7) is 0.114. The van der Waals surface area contributed by atoms with Crippen molar-refractivity contribution in [2.75, 3.05) is 12.4 Å². The van der Waals surface area contributed by atoms with Gasteiger partial charge in [0.15, 0.2) is 5.69 Å². The van der Waals surface area contributed by atoms with Crippen LogP contribution in [0.5, 0.6) is 11.5 Å². The lowest BCUT2D eigenvalue weighted by Crippen LogP contribution is -2.24. The molecule has 1 saturated carbocycles. The maximum Gasteiger partial charge on any atom is 0.272 e. The van der Waals surface area contributed by atoms with E-state index in [0.29, 0.717) is 33.7 Å². The summed E-state index contributed by atoms with van der Waals surface area (Å²) in [5.41, 5.74) is 3.13. The van der Waals surface area contributed by atoms with Crippen molar-refractivity contribution in [1.29, 1.82) is 0 Å². The standard InChI is InChI=1S/C29H27FN4O4/c1-38-24-11-3-2-10-21(24)28(36)32-20-12-13-23(35)22(15-20)25-26(18-7-5-8-18)33-34-27(25)29(37)31-16-17-6-4-9-19(30)14-17/h2-4,6,9-15,18,35H,5,7-8,16H2,1H3,(H,31,37)(H,32,36)(H,33,34). The molecule has 4 N–H and O–H groups in total. The maximum absolute atomic E-state index is 13.6. The predicted molar refractivity (Wildman–Crippen MR) is 141 cm³/mol. The van der Waals surface area contributed by atoms with Gasteiger partial charge in [0.1, 0.15) is 17.3 Å². The summed E-state index contributed by atoms with van der Waals surface area (Å²) in [6, 6.07) is 17.5. The number of phenolic OH excluding ortho intramolecular Hbond substituents is 1. The average Bonchev–Trinajstić information content (AvgIpc) is 3.31. The van der Waals surface area contributed by atoms with Crippen molar-refractivity contribution in [3.63, 3.8) is 0 Å². The minimum absolute atomic E-state index is 0.0542. The van der Waals surface area contributed by atoms with Crippen molar-refractivity contribution in [3.8, 4) is 22.6 Å². The van der Waals surface area contributed by atoms with Gasteiger partial charge in [0.25, 0.3) is 11.8 Å². The molecule has 1 aliphatic carbocycles. The van der Waals surface area contributed by atoms with Gasteiger partial charge in [-0.2, -0.15) is 5.10 Å². The first-order valence-electron chi connectivity index (χ1n) is 12.3. The molecule has 0 bridgehead atoms. The number of aromatic hydroxyl groups is 1. The lowest BCUT2D eigenvalue weighted by Gasteiger charge is -2.25. The lowest BCUT2D eigenvalue weighted by atomic mass is 9.80. The van der Waals surface area contributed by atoms with E-state index in [-0.39, 0.29) is 35.6 Å². The molecule has 0 unspecified atom stereocenters. The fourth-order valence-corrected chi connectivity index (χ4v) is 4.54. The Balaban J connectivity index is 1.46. The van der Waals surface area contributed by atoms with E-state index < -0.39 is 5.91 Å². The second-order valence-electron chi connectivity index (χ2n) is 9.19. The van der Waals surface area contributed by atoms with Gasteiger partial charge >= 0.3 is 0 Å². The zero-order valence-electron chi connectivity index (χ0n) is 20.8. The number of phenols is 1. The van der Waals surface area contributed by atoms with Crippen molar-refractivity contribution in [1.82, 2.24) is 15.5 Å². The third-order valence-corrected chi connectivity index (χ3v) is 6.74. The molecule has 0 aliphatic heterocycles. The molecule has 3 aromatic carbocycles. The van der Waals surface area contributed by atoms with Crippen LogP contribution in [0.15, 0.2) is 66.7 Å². The first-order chi connectivity index (χ1) is 18.4. The van der Waals surface area contributed by atoms with Crippen LogP contribution < -0.4 is 15.4 Å². The molecule has 4 aromatic rings. The molecule has 0 radical (unpaired) electrons. The lowest BCUT2D eigenvalue weighted by molar-refractivity contribution is 0.0945. The SMILES string of the molecule is COc1ccccc1C(=O)Nc1ccc(O)c(-c2c(C(=O)NCc3cccc(F)c3)n[nH]c2C2CCC2)c1. The number of para-hydroxylation sites is 1. The summed E-state index contributed by atoms with van der Waals surface area (Å²) in [5.74, 6) is -0.674. The number of aromatic amines is 1. The molecule has 1 aliphatic rings. The number of nitrogens with zero attached hydrogens (tertiary/aromatic N) is 1. The van der Waals surface area contributed by atoms with Crippen LogP contribution in [-0.4, -0.2) is 34.2 Å². The van der Waals surface area contributed by atoms with Crippen molar-refractivity contribution in [2.24, 2.45) is 0 Å². The number of ether oxygens (including phenoxy) is 1. The molecule has 194 valence electrons. The Morgan fingerprint density at radius 3 is 2.63 bits per heavy atom. The summed E-state index contributed by atoms with van der Waals surface area (Å²) >= 11 is 0. The molecule has 0 atom stereocenters. The van der Waals surface area contributed by atoms with Gasteiger partial charge < -0.3 is 20.5 Å². The number of carbonyl (C=O) groups excluding carboxylic acids is 2. The summed E-state index contributed by atoms with van der Waals surface area (Å²) in [5, 5.41) is 23.8. The van der Waals surface area contributed by atoms with Crippen molar-refractivity contribution >= 4 is 17.5 Å². The smallest absolute Gasteiger partial charge is 0.272 e. The monoisotopic (exact) mass is 514 g/mol. The third kappa shape index (κ3) is 5.08. The number of aromatic nitrogens is 2. The largest absolute Gasteiger partial charge is 0.507 e. The second kappa shape index (κ2) is 10.8. The van der Waals surface area contributed by atoms with Gasteiger partial charge in [-0.25, -0.2) is 4.39 Å². The number of carbonyl (C=O) groups is 2. The van der Waals surface area contributed by atoms with Crippen LogP contribution >= 0.6 is 0 Å². The predicted octanol–water partition coefficient (Wildman–Crippen LogP) is 5.38. The highest BCUT2D eigenvalue weighted by atomic mass is 19.1. The number of rotatable bonds is 8. The number of hydrogen-bond donors (Lipinski definition) is 4. The number of halogens is 1. The highest BCUT2D eigenvalue weighted by Gasteiger charge is 2.30. The Morgan fingerprint density at radius 2 is 1.89 bits per heavy atom. The Bertz CT molecular complexity index is 1500. The first-order valence-corrected chi connectivity index (χ1v) is 12.3. The van der Waals surface area contributed by atoms with E-state index in [2.05, 4.69) is 20.8 Å². The van der Waals surface area contributed by atoms with E-state index in [1.165, 1.54) is 25.3 Å². The molecule has 2 amide bonds. The van der Waals surface area contributed by atoms with Gasteiger partial charge in [0.05, 0.1) is 12.7 Å². The van der Waals surface area contributed by atoms with Crippen LogP contribution in [0.4, 0.5) is 10.1 Å². The highest BCUT2D eigenvalue weighted by molar-refractivity contribution is 6.07. The van der Waals surface area contributed by atoms with Crippen LogP contribution in [0, 0.1) is 5.82 Å². The molecule has 0 spiro atoms. The van der Waals surface area contributed by atoms with Crippen molar-refractivity contribution < 1.29 is 23.8 Å². The second-order valence-corrected chi connectivity index (χ2v) is 9.19. The highest BCUT2D eigenvalue weighted by Crippen LogP contribution is 2.44. The number of amides is 2. The van der Waals surface area contributed by atoms with Gasteiger partial charge in [-0.15, -0.1) is 0 Å². The van der Waals surface area contributed by atoms with Gasteiger partial charge in [-0.1, -0.05) is 30.7 Å². The molecular weight excluding hydrogens is 487 g/mol. The Labute approximate surface area is 218 Å². The van der Waals surface area contributed by atoms with E-state index in [0.717, 1.165) is 25.0 Å². The fraction of sp³-hybridized carbons (Fsp3) is 0.207. The average molecular weight is 515 g/mol. The van der Waals surface area contributed by atoms with E-state index in [4.69, 9.17) is 4.74 Å². The Kier molecular flexibility index (Phi) is 7.08. The van der Waals surface area contributed by atoms with Crippen LogP contribution in [0.1, 0.15) is 57.3 Å². The van der Waals surface area contributed by atoms with Crippen molar-refractivity contribution in [2.45, 2.75) is 31.7 Å². The molecule has 1 heterocycles. The van der Waals surface area contributed by atoms with Gasteiger partial charge in [-0.3, -0.25) is 14.7 Å². The van der Waals surface area contributed by atoms with E-state index >= 15 is 0 Å². The normalized spacial score (nSPS) is 13.0. The minimum Gasteiger partial charge on any atom is -0.507 e. The zero-order chi connectivity index (χ0) is 26.6. The molecule has 5 rings (SSSR count). The van der Waals surface area contributed by atoms with Crippen LogP contribution in [0.25, 0.3) is 11.1 Å². The topological polar surface area (TPSA) is 116 Å². The fourth-order valence-electron chi connectivity index (χ4n) is 4.54. The van der Waals surface area contributed by atoms with Gasteiger partial charge in [-0.05, 0) is 60.9 Å². The van der Waals surface area contributed by atoms with Crippen molar-refractivity contribution in [3.05, 3.63) is 95.1 Å². The first kappa shape index (κ1) is 25.0. The number of nitrogens with one attached hydrogen (secondary N) is 3. The summed E-state index contributed by atoms with van der Waals surface area (Å²) in [6.07, 6.45) is 2.93. The third-order valence-electron chi connectivity index (χ3n) is 6.74. The quantitative estimate of drug-likeness (QED) is 0.236. The molecule has 9 heteroatoms. The number of H-pyrrole nitrogens is 1. The Morgan fingerprint density at radius 1 is 1.08 bits per heavy atom. The van der Waals surface area contributed by atoms with E-state index in [9.17, 15) is 19.1 Å². The minimum atomic E-state index is -0.464.